The minimum Gasteiger partial charge on any atom is -1.00 e. The van der Waals surface area contributed by atoms with E-state index in [1.165, 1.54) is 63.2 Å². The molecule has 0 saturated carbocycles. The predicted octanol–water partition coefficient (Wildman–Crippen LogP) is 5.46. The average molecular weight is 701 g/mol. The first-order chi connectivity index (χ1) is 21.2. The minimum absolute atomic E-state index is 0. The SMILES string of the molecule is CC1=C(c2cccc3ccccc23)c2ccccc2[CH]1[Zr+2]1([CH]2C(C)=C(c3cccc4ccccc34)c3ccccc32)[CH2][CH2]1.[Cl-].[Cl-]. The molecule has 0 N–H and O–H groups in total. The van der Waals surface area contributed by atoms with Gasteiger partial charge in [0.05, 0.1) is 0 Å². The summed E-state index contributed by atoms with van der Waals surface area (Å²) < 4.78 is 4.15. The molecule has 0 nitrogen and oxygen atoms in total. The van der Waals surface area contributed by atoms with Crippen LogP contribution in [0.1, 0.15) is 54.5 Å². The molecule has 2 atom stereocenters. The monoisotopic (exact) mass is 698 g/mol. The Morgan fingerprint density at radius 1 is 0.422 bits per heavy atom. The van der Waals surface area contributed by atoms with Gasteiger partial charge in [0.25, 0.3) is 0 Å². The van der Waals surface area contributed by atoms with E-state index in [1.54, 1.807) is 22.3 Å². The molecule has 0 aromatic heterocycles. The first-order valence-corrected chi connectivity index (χ1v) is 22.1. The molecule has 2 unspecified atom stereocenters. The fraction of sp³-hybridized carbons (Fsp3) is 0.143. The van der Waals surface area contributed by atoms with E-state index in [4.69, 9.17) is 0 Å². The van der Waals surface area contributed by atoms with Crippen molar-refractivity contribution in [1.29, 1.82) is 0 Å². The molecule has 1 fully saturated rings. The van der Waals surface area contributed by atoms with Gasteiger partial charge in [-0.1, -0.05) is 0 Å². The van der Waals surface area contributed by atoms with Gasteiger partial charge in [0.1, 0.15) is 0 Å². The van der Waals surface area contributed by atoms with Crippen LogP contribution in [0.2, 0.25) is 8.26 Å². The zero-order valence-electron chi connectivity index (χ0n) is 25.5. The van der Waals surface area contributed by atoms with E-state index >= 15 is 0 Å². The summed E-state index contributed by atoms with van der Waals surface area (Å²) in [5, 5.41) is 5.40. The van der Waals surface area contributed by atoms with Crippen LogP contribution in [-0.2, 0) is 20.3 Å². The van der Waals surface area contributed by atoms with Gasteiger partial charge in [-0.2, -0.15) is 0 Å². The number of rotatable bonds is 4. The molecule has 1 aliphatic heterocycles. The number of fused-ring (bicyclic) bond motifs is 4. The molecule has 2 aliphatic carbocycles. The fourth-order valence-corrected chi connectivity index (χ4v) is 26.9. The summed E-state index contributed by atoms with van der Waals surface area (Å²) in [5.74, 6) is 0. The van der Waals surface area contributed by atoms with Crippen molar-refractivity contribution >= 4 is 32.7 Å². The molecule has 45 heavy (non-hydrogen) atoms. The Hall–Kier alpha value is -3.22. The van der Waals surface area contributed by atoms with Crippen LogP contribution >= 0.6 is 0 Å². The number of hydrogen-bond donors (Lipinski definition) is 0. The zero-order valence-corrected chi connectivity index (χ0v) is 29.5. The van der Waals surface area contributed by atoms with Crippen molar-refractivity contribution in [2.45, 2.75) is 29.4 Å². The van der Waals surface area contributed by atoms with Crippen LogP contribution in [0.15, 0.2) is 145 Å². The van der Waals surface area contributed by atoms with Crippen molar-refractivity contribution in [3.8, 4) is 0 Å². The third-order valence-electron chi connectivity index (χ3n) is 10.8. The predicted molar refractivity (Wildman–Crippen MR) is 179 cm³/mol. The van der Waals surface area contributed by atoms with Gasteiger partial charge >= 0.3 is 260 Å². The Kier molecular flexibility index (Phi) is 7.81. The van der Waals surface area contributed by atoms with Crippen LogP contribution < -0.4 is 24.8 Å². The number of halogens is 2. The van der Waals surface area contributed by atoms with Crippen LogP contribution in [0.4, 0.5) is 0 Å². The topological polar surface area (TPSA) is 0 Å². The van der Waals surface area contributed by atoms with Crippen LogP contribution in [0, 0.1) is 0 Å². The smallest absolute Gasteiger partial charge is 1.00 e. The standard InChI is InChI=1S/2C20H15.C2H4.2ClH.Zr/c2*1-14-13-16-8-3-5-11-18(16)20(14)19-12-6-9-15-7-2-4-10-17(15)19;1-2;;;/h2*2-13H,1H3;1-2H2;2*1H;/q;;;;;+2/p-2. The minimum atomic E-state index is -2.84. The normalized spacial score (nSPS) is 18.5. The molecule has 3 heteroatoms. The van der Waals surface area contributed by atoms with Crippen LogP contribution in [0.5, 0.6) is 0 Å². The van der Waals surface area contributed by atoms with E-state index in [1.807, 2.05) is 0 Å². The Bertz CT molecular complexity index is 2020. The van der Waals surface area contributed by atoms with Crippen molar-refractivity contribution in [2.75, 3.05) is 0 Å². The maximum atomic E-state index is 2.49. The molecule has 9 rings (SSSR count). The van der Waals surface area contributed by atoms with Gasteiger partial charge < -0.3 is 24.8 Å². The van der Waals surface area contributed by atoms with Crippen molar-refractivity contribution in [3.05, 3.63) is 178 Å². The molecular weight excluding hydrogens is 667 g/mol. The summed E-state index contributed by atoms with van der Waals surface area (Å²) in [5.41, 5.74) is 15.3. The summed E-state index contributed by atoms with van der Waals surface area (Å²) in [4.78, 5) is 0. The van der Waals surface area contributed by atoms with Crippen LogP contribution in [-0.4, -0.2) is 0 Å². The largest absolute Gasteiger partial charge is 1.00 e. The summed E-state index contributed by atoms with van der Waals surface area (Å²) in [6.45, 7) is 4.98. The Labute approximate surface area is 283 Å². The molecular formula is C42H34Cl2Zr. The van der Waals surface area contributed by atoms with E-state index in [9.17, 15) is 0 Å². The second kappa shape index (κ2) is 11.5. The van der Waals surface area contributed by atoms with Gasteiger partial charge in [-0.25, -0.2) is 0 Å². The molecule has 0 amide bonds. The van der Waals surface area contributed by atoms with Crippen molar-refractivity contribution < 1.29 is 45.1 Å². The average Bonchev–Trinajstić information content (AvgIpc) is 3.69. The summed E-state index contributed by atoms with van der Waals surface area (Å²) in [6, 6.07) is 50.5. The maximum absolute atomic E-state index is 2.84. The molecule has 220 valence electrons. The van der Waals surface area contributed by atoms with Crippen molar-refractivity contribution in [1.82, 2.24) is 0 Å². The second-order valence-electron chi connectivity index (χ2n) is 12.9. The fourth-order valence-electron chi connectivity index (χ4n) is 9.10. The van der Waals surface area contributed by atoms with E-state index in [0.29, 0.717) is 7.25 Å². The van der Waals surface area contributed by atoms with Gasteiger partial charge in [-0.05, 0) is 0 Å². The number of allylic oxidation sites excluding steroid dienone is 2. The van der Waals surface area contributed by atoms with Crippen molar-refractivity contribution in [2.24, 2.45) is 0 Å². The first-order valence-electron chi connectivity index (χ1n) is 15.7. The molecule has 1 heterocycles. The molecule has 6 aromatic carbocycles. The van der Waals surface area contributed by atoms with Gasteiger partial charge in [-0.15, -0.1) is 0 Å². The molecule has 3 aliphatic rings. The summed E-state index contributed by atoms with van der Waals surface area (Å²) >= 11 is -2.84. The Morgan fingerprint density at radius 3 is 1.22 bits per heavy atom. The van der Waals surface area contributed by atoms with E-state index < -0.39 is 20.3 Å². The van der Waals surface area contributed by atoms with E-state index in [-0.39, 0.29) is 24.8 Å². The third-order valence-corrected chi connectivity index (χ3v) is 24.2. The molecule has 0 radical (unpaired) electrons. The van der Waals surface area contributed by atoms with Crippen LogP contribution in [0.3, 0.4) is 0 Å². The van der Waals surface area contributed by atoms with Crippen molar-refractivity contribution in [3.63, 3.8) is 0 Å². The number of benzene rings is 6. The Balaban J connectivity index is 0.00000163. The number of hydrogen-bond acceptors (Lipinski definition) is 0. The summed E-state index contributed by atoms with van der Waals surface area (Å²) in [7, 11) is 0. The first kappa shape index (κ1) is 30.4. The molecule has 0 bridgehead atoms. The van der Waals surface area contributed by atoms with Crippen LogP contribution in [0.25, 0.3) is 32.7 Å². The Morgan fingerprint density at radius 2 is 0.778 bits per heavy atom. The molecule has 1 saturated heterocycles. The molecule has 0 spiro atoms. The zero-order chi connectivity index (χ0) is 28.7. The maximum Gasteiger partial charge on any atom is -1.00 e. The van der Waals surface area contributed by atoms with E-state index in [0.717, 1.165) is 0 Å². The van der Waals surface area contributed by atoms with Gasteiger partial charge in [-0.3, -0.25) is 0 Å². The third kappa shape index (κ3) is 4.42. The van der Waals surface area contributed by atoms with Gasteiger partial charge in [0.2, 0.25) is 0 Å². The van der Waals surface area contributed by atoms with Gasteiger partial charge in [0, 0.05) is 0 Å². The van der Waals surface area contributed by atoms with E-state index in [2.05, 4.69) is 147 Å². The quantitative estimate of drug-likeness (QED) is 0.230. The summed E-state index contributed by atoms with van der Waals surface area (Å²) in [6.07, 6.45) is 0. The second-order valence-corrected chi connectivity index (χ2v) is 24.3. The van der Waals surface area contributed by atoms with Gasteiger partial charge in [0.15, 0.2) is 0 Å². The molecule has 6 aromatic rings.